The van der Waals surface area contributed by atoms with Crippen LogP contribution in [0.15, 0.2) is 68.4 Å². The largest absolute Gasteiger partial charge is 0.419 e. The van der Waals surface area contributed by atoms with Crippen LogP contribution in [-0.2, 0) is 6.54 Å². The Hall–Kier alpha value is -2.80. The number of para-hydroxylation sites is 1. The molecule has 4 rings (SSSR count). The fourth-order valence-electron chi connectivity index (χ4n) is 2.48. The Labute approximate surface area is 144 Å². The van der Waals surface area contributed by atoms with Gasteiger partial charge in [0.1, 0.15) is 6.54 Å². The van der Waals surface area contributed by atoms with Crippen molar-refractivity contribution in [3.63, 3.8) is 0 Å². The van der Waals surface area contributed by atoms with E-state index < -0.39 is 0 Å². The van der Waals surface area contributed by atoms with Crippen molar-refractivity contribution < 1.29 is 4.42 Å². The first-order chi connectivity index (χ1) is 11.7. The zero-order valence-corrected chi connectivity index (χ0v) is 14.0. The summed E-state index contributed by atoms with van der Waals surface area (Å²) >= 11 is 3.47. The molecule has 6 nitrogen and oxygen atoms in total. The lowest BCUT2D eigenvalue weighted by molar-refractivity contribution is 0.476. The molecule has 0 saturated carbocycles. The predicted octanol–water partition coefficient (Wildman–Crippen LogP) is 3.26. The van der Waals surface area contributed by atoms with Gasteiger partial charge in [-0.2, -0.15) is 5.10 Å². The summed E-state index contributed by atoms with van der Waals surface area (Å²) in [5.41, 5.74) is 1.45. The summed E-state index contributed by atoms with van der Waals surface area (Å²) < 4.78 is 8.30. The molecule has 24 heavy (non-hydrogen) atoms. The Morgan fingerprint density at radius 2 is 1.83 bits per heavy atom. The van der Waals surface area contributed by atoms with Gasteiger partial charge in [0, 0.05) is 9.86 Å². The smallest absolute Gasteiger partial charge is 0.248 e. The highest BCUT2D eigenvalue weighted by atomic mass is 79.9. The number of hydrogen-bond acceptors (Lipinski definition) is 5. The van der Waals surface area contributed by atoms with Gasteiger partial charge in [0.15, 0.2) is 0 Å². The summed E-state index contributed by atoms with van der Waals surface area (Å²) in [6.07, 6.45) is 1.30. The van der Waals surface area contributed by atoms with E-state index in [1.807, 2.05) is 42.5 Å². The molecule has 0 radical (unpaired) electrons. The highest BCUT2D eigenvalue weighted by Gasteiger charge is 2.13. The number of hydrogen-bond donors (Lipinski definition) is 0. The van der Waals surface area contributed by atoms with Crippen LogP contribution < -0.4 is 5.43 Å². The van der Waals surface area contributed by atoms with Gasteiger partial charge in [0.2, 0.25) is 17.2 Å². The summed E-state index contributed by atoms with van der Waals surface area (Å²) in [5.74, 6) is 0.852. The molecule has 0 fully saturated rings. The van der Waals surface area contributed by atoms with Gasteiger partial charge >= 0.3 is 0 Å². The SMILES string of the molecule is O=c1cnn(Cc2nnc(-c3ccccc3Br)o2)c2ccccc12. The van der Waals surface area contributed by atoms with Gasteiger partial charge in [0.05, 0.1) is 17.3 Å². The van der Waals surface area contributed by atoms with Crippen LogP contribution >= 0.6 is 15.9 Å². The van der Waals surface area contributed by atoms with Gasteiger partial charge in [-0.25, -0.2) is 0 Å². The molecule has 0 aliphatic rings. The summed E-state index contributed by atoms with van der Waals surface area (Å²) in [7, 11) is 0. The zero-order valence-electron chi connectivity index (χ0n) is 12.4. The lowest BCUT2D eigenvalue weighted by Gasteiger charge is -2.06. The molecule has 0 amide bonds. The van der Waals surface area contributed by atoms with Crippen molar-refractivity contribution in [1.29, 1.82) is 0 Å². The summed E-state index contributed by atoms with van der Waals surface area (Å²) in [4.78, 5) is 11.9. The molecule has 2 heterocycles. The van der Waals surface area contributed by atoms with E-state index in [1.165, 1.54) is 6.20 Å². The first kappa shape index (κ1) is 14.8. The maximum absolute atomic E-state index is 11.9. The molecule has 118 valence electrons. The molecule has 2 aromatic carbocycles. The highest BCUT2D eigenvalue weighted by Crippen LogP contribution is 2.26. The molecular weight excluding hydrogens is 372 g/mol. The van der Waals surface area contributed by atoms with Crippen molar-refractivity contribution in [1.82, 2.24) is 20.0 Å². The quantitative estimate of drug-likeness (QED) is 0.543. The minimum Gasteiger partial charge on any atom is -0.419 e. The number of benzene rings is 2. The molecule has 2 aromatic heterocycles. The van der Waals surface area contributed by atoms with Crippen LogP contribution in [-0.4, -0.2) is 20.0 Å². The second kappa shape index (κ2) is 6.01. The maximum Gasteiger partial charge on any atom is 0.248 e. The normalized spacial score (nSPS) is 11.0. The first-order valence-electron chi connectivity index (χ1n) is 7.24. The molecule has 0 aliphatic carbocycles. The highest BCUT2D eigenvalue weighted by molar-refractivity contribution is 9.10. The average molecular weight is 383 g/mol. The second-order valence-electron chi connectivity index (χ2n) is 5.16. The topological polar surface area (TPSA) is 73.8 Å². The van der Waals surface area contributed by atoms with Crippen LogP contribution in [0.1, 0.15) is 5.89 Å². The summed E-state index contributed by atoms with van der Waals surface area (Å²) in [6, 6.07) is 14.9. The maximum atomic E-state index is 11.9. The molecule has 0 bridgehead atoms. The number of fused-ring (bicyclic) bond motifs is 1. The number of halogens is 1. The minimum atomic E-state index is -0.110. The fraction of sp³-hybridized carbons (Fsp3) is 0.0588. The van der Waals surface area contributed by atoms with Crippen molar-refractivity contribution in [3.05, 3.63) is 75.3 Å². The van der Waals surface area contributed by atoms with Crippen LogP contribution in [0.25, 0.3) is 22.4 Å². The molecule has 4 aromatic rings. The molecule has 7 heteroatoms. The minimum absolute atomic E-state index is 0.110. The van der Waals surface area contributed by atoms with E-state index in [9.17, 15) is 4.79 Å². The van der Waals surface area contributed by atoms with Crippen LogP contribution in [0.3, 0.4) is 0 Å². The molecular formula is C17H11BrN4O2. The summed E-state index contributed by atoms with van der Waals surface area (Å²) in [5, 5.41) is 13.0. The molecule has 0 saturated heterocycles. The van der Waals surface area contributed by atoms with Crippen molar-refractivity contribution in [3.8, 4) is 11.5 Å². The Kier molecular flexibility index (Phi) is 3.70. The first-order valence-corrected chi connectivity index (χ1v) is 8.04. The molecule has 0 atom stereocenters. The van der Waals surface area contributed by atoms with E-state index >= 15 is 0 Å². The van der Waals surface area contributed by atoms with Gasteiger partial charge in [-0.15, -0.1) is 10.2 Å². The molecule has 0 aliphatic heterocycles. The molecule has 0 spiro atoms. The van der Waals surface area contributed by atoms with Crippen LogP contribution in [0.2, 0.25) is 0 Å². The van der Waals surface area contributed by atoms with E-state index in [0.717, 1.165) is 15.6 Å². The van der Waals surface area contributed by atoms with E-state index in [2.05, 4.69) is 31.2 Å². The van der Waals surface area contributed by atoms with Crippen LogP contribution in [0.4, 0.5) is 0 Å². The Bertz CT molecular complexity index is 1090. The van der Waals surface area contributed by atoms with Crippen molar-refractivity contribution in [2.75, 3.05) is 0 Å². The van der Waals surface area contributed by atoms with Gasteiger partial charge < -0.3 is 4.42 Å². The average Bonchev–Trinajstić information content (AvgIpc) is 3.06. The van der Waals surface area contributed by atoms with Gasteiger partial charge in [-0.05, 0) is 40.2 Å². The van der Waals surface area contributed by atoms with E-state index in [4.69, 9.17) is 4.42 Å². The number of nitrogens with zero attached hydrogens (tertiary/aromatic N) is 4. The van der Waals surface area contributed by atoms with Crippen molar-refractivity contribution in [2.24, 2.45) is 0 Å². The Morgan fingerprint density at radius 1 is 1.04 bits per heavy atom. The van der Waals surface area contributed by atoms with E-state index in [1.54, 1.807) is 10.7 Å². The standard InChI is InChI=1S/C17H11BrN4O2/c18-13-7-3-1-5-11(13)17-21-20-16(24-17)10-22-14-8-4-2-6-12(14)15(23)9-19-22/h1-9H,10H2. The third-order valence-electron chi connectivity index (χ3n) is 3.62. The number of rotatable bonds is 3. The molecule has 0 unspecified atom stereocenters. The van der Waals surface area contributed by atoms with Crippen molar-refractivity contribution in [2.45, 2.75) is 6.54 Å². The monoisotopic (exact) mass is 382 g/mol. The van der Waals surface area contributed by atoms with E-state index in [-0.39, 0.29) is 12.0 Å². The van der Waals surface area contributed by atoms with Crippen molar-refractivity contribution >= 4 is 26.8 Å². The summed E-state index contributed by atoms with van der Waals surface area (Å²) in [6.45, 7) is 0.290. The van der Waals surface area contributed by atoms with Crippen LogP contribution in [0, 0.1) is 0 Å². The predicted molar refractivity (Wildman–Crippen MR) is 92.5 cm³/mol. The Balaban J connectivity index is 1.72. The molecule has 0 N–H and O–H groups in total. The van der Waals surface area contributed by atoms with Gasteiger partial charge in [-0.3, -0.25) is 9.48 Å². The lowest BCUT2D eigenvalue weighted by atomic mass is 10.2. The van der Waals surface area contributed by atoms with Crippen LogP contribution in [0.5, 0.6) is 0 Å². The number of aromatic nitrogens is 4. The van der Waals surface area contributed by atoms with E-state index in [0.29, 0.717) is 17.2 Å². The third kappa shape index (κ3) is 2.63. The Morgan fingerprint density at radius 3 is 2.71 bits per heavy atom. The fourth-order valence-corrected chi connectivity index (χ4v) is 2.93. The second-order valence-corrected chi connectivity index (χ2v) is 6.02. The van der Waals surface area contributed by atoms with Gasteiger partial charge in [-0.1, -0.05) is 24.3 Å². The third-order valence-corrected chi connectivity index (χ3v) is 4.31. The lowest BCUT2D eigenvalue weighted by Crippen LogP contribution is -2.13. The van der Waals surface area contributed by atoms with Gasteiger partial charge in [0.25, 0.3) is 0 Å². The zero-order chi connectivity index (χ0) is 16.5.